The maximum Gasteiger partial charge on any atom is 0.119 e. The third-order valence-corrected chi connectivity index (χ3v) is 4.27. The van der Waals surface area contributed by atoms with Gasteiger partial charge in [0.1, 0.15) is 19.1 Å². The number of rotatable bonds is 19. The van der Waals surface area contributed by atoms with Crippen LogP contribution < -0.4 is 4.74 Å². The summed E-state index contributed by atoms with van der Waals surface area (Å²) in [5.41, 5.74) is 1.37. The van der Waals surface area contributed by atoms with Crippen molar-refractivity contribution < 1.29 is 28.5 Å². The van der Waals surface area contributed by atoms with Crippen LogP contribution in [0.2, 0.25) is 0 Å². The predicted octanol–water partition coefficient (Wildman–Crippen LogP) is 6.53. The molecule has 0 aliphatic carbocycles. The van der Waals surface area contributed by atoms with E-state index in [2.05, 4.69) is 32.9 Å². The standard InChI is InChI=1S/C20H34O5.C5H12.C2H6.CH2O/c1-3-5-6-19-7-9-20(10-8-19)25-18-17-24-16-15-23-14-13-22-12-11-21-4-2;1-3-5-4-2;2*1-2/h7-10H,3-6,11-18H2,1-2H3;3-5H2,1-2H3;1-2H3;1H2. The van der Waals surface area contributed by atoms with E-state index in [0.29, 0.717) is 52.9 Å². The Labute approximate surface area is 210 Å². The smallest absolute Gasteiger partial charge is 0.119 e. The number of benzene rings is 1. The predicted molar refractivity (Wildman–Crippen MR) is 143 cm³/mol. The molecule has 202 valence electrons. The van der Waals surface area contributed by atoms with E-state index in [4.69, 9.17) is 28.5 Å². The number of carbonyl (C=O) groups excluding carboxylic acids is 1. The molecule has 34 heavy (non-hydrogen) atoms. The summed E-state index contributed by atoms with van der Waals surface area (Å²) in [4.78, 5) is 8.00. The third kappa shape index (κ3) is 30.5. The molecule has 1 aromatic rings. The lowest BCUT2D eigenvalue weighted by atomic mass is 10.1. The van der Waals surface area contributed by atoms with Crippen molar-refractivity contribution in [3.05, 3.63) is 29.8 Å². The molecular weight excluding hydrogens is 432 g/mol. The number of ether oxygens (including phenoxy) is 5. The van der Waals surface area contributed by atoms with Gasteiger partial charge in [0, 0.05) is 6.61 Å². The van der Waals surface area contributed by atoms with Crippen molar-refractivity contribution in [2.45, 2.75) is 80.1 Å². The molecule has 0 fully saturated rings. The van der Waals surface area contributed by atoms with Gasteiger partial charge in [-0.25, -0.2) is 0 Å². The number of carbonyl (C=O) groups is 1. The molecule has 0 atom stereocenters. The van der Waals surface area contributed by atoms with E-state index in [-0.39, 0.29) is 0 Å². The summed E-state index contributed by atoms with van der Waals surface area (Å²) in [5, 5.41) is 0. The second kappa shape index (κ2) is 36.1. The van der Waals surface area contributed by atoms with Crippen molar-refractivity contribution in [3.63, 3.8) is 0 Å². The van der Waals surface area contributed by atoms with Gasteiger partial charge in [0.25, 0.3) is 0 Å². The second-order valence-corrected chi connectivity index (χ2v) is 6.98. The molecule has 1 rings (SSSR count). The van der Waals surface area contributed by atoms with Gasteiger partial charge in [-0.15, -0.1) is 0 Å². The first-order valence-corrected chi connectivity index (χ1v) is 13.1. The van der Waals surface area contributed by atoms with Gasteiger partial charge in [-0.2, -0.15) is 0 Å². The summed E-state index contributed by atoms with van der Waals surface area (Å²) < 4.78 is 27.1. The number of hydrogen-bond donors (Lipinski definition) is 0. The summed E-state index contributed by atoms with van der Waals surface area (Å²) >= 11 is 0. The highest BCUT2D eigenvalue weighted by atomic mass is 16.6. The molecule has 6 nitrogen and oxygen atoms in total. The van der Waals surface area contributed by atoms with Crippen molar-refractivity contribution in [3.8, 4) is 5.75 Å². The van der Waals surface area contributed by atoms with E-state index >= 15 is 0 Å². The molecule has 1 aromatic carbocycles. The van der Waals surface area contributed by atoms with E-state index in [1.165, 1.54) is 37.7 Å². The van der Waals surface area contributed by atoms with Gasteiger partial charge in [-0.05, 0) is 37.5 Å². The third-order valence-electron chi connectivity index (χ3n) is 4.27. The van der Waals surface area contributed by atoms with Crippen molar-refractivity contribution in [2.24, 2.45) is 0 Å². The summed E-state index contributed by atoms with van der Waals surface area (Å²) in [5.74, 6) is 0.893. The van der Waals surface area contributed by atoms with Gasteiger partial charge in [0.15, 0.2) is 0 Å². The summed E-state index contributed by atoms with van der Waals surface area (Å²) in [6, 6.07) is 8.32. The van der Waals surface area contributed by atoms with Gasteiger partial charge in [0.05, 0.1) is 46.2 Å². The molecule has 0 aromatic heterocycles. The first-order chi connectivity index (χ1) is 16.8. The molecule has 0 saturated carbocycles. The minimum Gasteiger partial charge on any atom is -0.491 e. The van der Waals surface area contributed by atoms with Crippen molar-refractivity contribution >= 4 is 6.79 Å². The maximum absolute atomic E-state index is 8.00. The average Bonchev–Trinajstić information content (AvgIpc) is 2.89. The van der Waals surface area contributed by atoms with Crippen LogP contribution in [0.1, 0.15) is 79.2 Å². The Bertz CT molecular complexity index is 451. The maximum atomic E-state index is 8.00. The molecule has 0 heterocycles. The monoisotopic (exact) mass is 486 g/mol. The topological polar surface area (TPSA) is 63.2 Å². The highest BCUT2D eigenvalue weighted by molar-refractivity contribution is 5.27. The quantitative estimate of drug-likeness (QED) is 0.207. The van der Waals surface area contributed by atoms with E-state index in [9.17, 15) is 0 Å². The van der Waals surface area contributed by atoms with Gasteiger partial charge >= 0.3 is 0 Å². The van der Waals surface area contributed by atoms with Crippen LogP contribution in [0, 0.1) is 0 Å². The molecule has 6 heteroatoms. The fourth-order valence-electron chi connectivity index (χ4n) is 2.51. The van der Waals surface area contributed by atoms with Crippen LogP contribution in [0.25, 0.3) is 0 Å². The molecule has 0 spiro atoms. The summed E-state index contributed by atoms with van der Waals surface area (Å²) in [7, 11) is 0. The van der Waals surface area contributed by atoms with Crippen LogP contribution in [0.4, 0.5) is 0 Å². The van der Waals surface area contributed by atoms with E-state index in [1.54, 1.807) is 0 Å². The second-order valence-electron chi connectivity index (χ2n) is 6.98. The zero-order chi connectivity index (χ0) is 26.1. The van der Waals surface area contributed by atoms with E-state index in [1.807, 2.05) is 39.7 Å². The van der Waals surface area contributed by atoms with Crippen LogP contribution in [-0.4, -0.2) is 66.3 Å². The van der Waals surface area contributed by atoms with Crippen LogP contribution in [0.5, 0.6) is 5.75 Å². The summed E-state index contributed by atoms with van der Waals surface area (Å²) in [6.07, 6.45) is 7.67. The first kappa shape index (κ1) is 37.1. The van der Waals surface area contributed by atoms with Crippen molar-refractivity contribution in [2.75, 3.05) is 59.5 Å². The molecule has 0 bridgehead atoms. The molecule has 0 N–H and O–H groups in total. The normalized spacial score (nSPS) is 9.59. The molecular formula is C28H54O6. The largest absolute Gasteiger partial charge is 0.491 e. The van der Waals surface area contributed by atoms with Crippen LogP contribution in [-0.2, 0) is 30.2 Å². The lowest BCUT2D eigenvalue weighted by Gasteiger charge is -2.09. The van der Waals surface area contributed by atoms with Gasteiger partial charge in [-0.3, -0.25) is 0 Å². The van der Waals surface area contributed by atoms with E-state index in [0.717, 1.165) is 18.8 Å². The van der Waals surface area contributed by atoms with Crippen molar-refractivity contribution in [1.29, 1.82) is 0 Å². The fourth-order valence-corrected chi connectivity index (χ4v) is 2.51. The number of hydrogen-bond acceptors (Lipinski definition) is 6. The fraction of sp³-hybridized carbons (Fsp3) is 0.750. The SMILES string of the molecule is C=O.CC.CCCCC.CCCCc1ccc(OCCOCCOCCOCCOCC)cc1. The average molecular weight is 487 g/mol. The van der Waals surface area contributed by atoms with Crippen molar-refractivity contribution in [1.82, 2.24) is 0 Å². The Balaban J connectivity index is -0.000000923. The van der Waals surface area contributed by atoms with E-state index < -0.39 is 0 Å². The van der Waals surface area contributed by atoms with Crippen LogP contribution in [0.15, 0.2) is 24.3 Å². The highest BCUT2D eigenvalue weighted by Crippen LogP contribution is 2.13. The number of aryl methyl sites for hydroxylation is 1. The summed E-state index contributed by atoms with van der Waals surface area (Å²) in [6.45, 7) is 20.0. The Morgan fingerprint density at radius 3 is 1.38 bits per heavy atom. The Hall–Kier alpha value is -1.47. The Kier molecular flexibility index (Phi) is 39.4. The minimum atomic E-state index is 0.550. The van der Waals surface area contributed by atoms with Crippen LogP contribution >= 0.6 is 0 Å². The molecule has 0 amide bonds. The molecule has 0 aliphatic heterocycles. The van der Waals surface area contributed by atoms with Gasteiger partial charge < -0.3 is 28.5 Å². The molecule has 0 radical (unpaired) electrons. The van der Waals surface area contributed by atoms with Gasteiger partial charge in [-0.1, -0.05) is 72.4 Å². The molecule has 0 unspecified atom stereocenters. The number of unbranched alkanes of at least 4 members (excludes halogenated alkanes) is 3. The molecule has 0 saturated heterocycles. The highest BCUT2D eigenvalue weighted by Gasteiger charge is 1.97. The van der Waals surface area contributed by atoms with Crippen LogP contribution in [0.3, 0.4) is 0 Å². The Morgan fingerprint density at radius 2 is 1.00 bits per heavy atom. The zero-order valence-electron chi connectivity index (χ0n) is 23.1. The van der Waals surface area contributed by atoms with Gasteiger partial charge in [0.2, 0.25) is 0 Å². The lowest BCUT2D eigenvalue weighted by molar-refractivity contribution is -0.0980. The molecule has 0 aliphatic rings. The zero-order valence-corrected chi connectivity index (χ0v) is 23.1. The first-order valence-electron chi connectivity index (χ1n) is 13.1. The lowest BCUT2D eigenvalue weighted by Crippen LogP contribution is -2.13. The Morgan fingerprint density at radius 1 is 0.588 bits per heavy atom. The minimum absolute atomic E-state index is 0.550.